The molecular weight excluding hydrogens is 424 g/mol. The lowest BCUT2D eigenvalue weighted by Crippen LogP contribution is -2.14. The van der Waals surface area contributed by atoms with Gasteiger partial charge in [-0.2, -0.15) is 5.10 Å². The summed E-state index contributed by atoms with van der Waals surface area (Å²) in [5.74, 6) is 2.25. The van der Waals surface area contributed by atoms with Crippen LogP contribution in [-0.2, 0) is 0 Å². The molecule has 1 aliphatic carbocycles. The normalized spacial score (nSPS) is 15.3. The van der Waals surface area contributed by atoms with Gasteiger partial charge in [0, 0.05) is 23.4 Å². The molecule has 0 aliphatic heterocycles. The fourth-order valence-electron chi connectivity index (χ4n) is 3.89. The zero-order valence-electron chi connectivity index (χ0n) is 18.7. The van der Waals surface area contributed by atoms with Crippen LogP contribution in [0.4, 0.5) is 5.69 Å². The van der Waals surface area contributed by atoms with Crippen LogP contribution in [0.2, 0.25) is 0 Å². The van der Waals surface area contributed by atoms with E-state index in [0.29, 0.717) is 23.2 Å². The zero-order chi connectivity index (χ0) is 22.3. The van der Waals surface area contributed by atoms with Crippen molar-refractivity contribution < 1.29 is 14.2 Å². The van der Waals surface area contributed by atoms with Gasteiger partial charge in [-0.15, -0.1) is 11.3 Å². The van der Waals surface area contributed by atoms with E-state index >= 15 is 0 Å². The molecule has 0 bridgehead atoms. The molecule has 2 aromatic heterocycles. The molecule has 0 amide bonds. The van der Waals surface area contributed by atoms with Gasteiger partial charge >= 0.3 is 0 Å². The molecule has 1 aromatic carbocycles. The number of pyridine rings is 1. The van der Waals surface area contributed by atoms with Crippen LogP contribution in [0.25, 0.3) is 11.3 Å². The average Bonchev–Trinajstić information content (AvgIpc) is 3.25. The predicted molar refractivity (Wildman–Crippen MR) is 127 cm³/mol. The summed E-state index contributed by atoms with van der Waals surface area (Å²) >= 11 is 1.53. The van der Waals surface area contributed by atoms with Crippen LogP contribution in [0.1, 0.15) is 32.1 Å². The standard InChI is InChI=1S/C24H28N4O3S/c1-29-21-12-18(13-22(30-2)23(21)31-3)20-16-32-24(27-19-10-7-11-25-15-19)28(20)26-14-17-8-5-4-6-9-17/h7,10-17H,4-6,8-9H2,1-3H3. The maximum absolute atomic E-state index is 5.56. The van der Waals surface area contributed by atoms with Crippen molar-refractivity contribution in [2.45, 2.75) is 32.1 Å². The second-order valence-electron chi connectivity index (χ2n) is 7.61. The zero-order valence-corrected chi connectivity index (χ0v) is 19.5. The van der Waals surface area contributed by atoms with Crippen molar-refractivity contribution in [3.63, 3.8) is 0 Å². The summed E-state index contributed by atoms with van der Waals surface area (Å²) in [7, 11) is 4.84. The monoisotopic (exact) mass is 452 g/mol. The first-order valence-corrected chi connectivity index (χ1v) is 11.6. The molecule has 2 heterocycles. The summed E-state index contributed by atoms with van der Waals surface area (Å²) in [6.45, 7) is 0. The lowest BCUT2D eigenvalue weighted by Gasteiger charge is -2.17. The number of methoxy groups -OCH3 is 3. The second-order valence-corrected chi connectivity index (χ2v) is 8.45. The van der Waals surface area contributed by atoms with Crippen LogP contribution in [0.5, 0.6) is 17.2 Å². The lowest BCUT2D eigenvalue weighted by atomic mass is 9.90. The highest BCUT2D eigenvalue weighted by Crippen LogP contribution is 2.41. The minimum absolute atomic E-state index is 0.496. The van der Waals surface area contributed by atoms with Crippen molar-refractivity contribution in [3.05, 3.63) is 46.8 Å². The second kappa shape index (κ2) is 10.5. The van der Waals surface area contributed by atoms with Crippen molar-refractivity contribution in [1.29, 1.82) is 0 Å². The highest BCUT2D eigenvalue weighted by atomic mass is 32.1. The first-order chi connectivity index (χ1) is 15.7. The van der Waals surface area contributed by atoms with E-state index in [-0.39, 0.29) is 0 Å². The molecule has 1 aliphatic rings. The third-order valence-electron chi connectivity index (χ3n) is 5.56. The Morgan fingerprint density at radius 2 is 1.81 bits per heavy atom. The number of hydrogen-bond donors (Lipinski definition) is 0. The molecule has 168 valence electrons. The summed E-state index contributed by atoms with van der Waals surface area (Å²) in [6.07, 6.45) is 11.8. The minimum atomic E-state index is 0.496. The van der Waals surface area contributed by atoms with Crippen molar-refractivity contribution in [1.82, 2.24) is 9.66 Å². The number of thiazole rings is 1. The summed E-state index contributed by atoms with van der Waals surface area (Å²) in [6, 6.07) is 7.68. The maximum Gasteiger partial charge on any atom is 0.211 e. The molecular formula is C24H28N4O3S. The van der Waals surface area contributed by atoms with Crippen LogP contribution < -0.4 is 19.0 Å². The minimum Gasteiger partial charge on any atom is -0.493 e. The Labute approximate surface area is 192 Å². The smallest absolute Gasteiger partial charge is 0.211 e. The molecule has 1 fully saturated rings. The lowest BCUT2D eigenvalue weighted by molar-refractivity contribution is 0.324. The SMILES string of the molecule is COc1cc(-c2csc(=Nc3cccnc3)n2N=CC2CCCCC2)cc(OC)c1OC. The Kier molecular flexibility index (Phi) is 7.21. The molecule has 0 N–H and O–H groups in total. The van der Waals surface area contributed by atoms with E-state index in [2.05, 4.69) is 11.2 Å². The van der Waals surface area contributed by atoms with Crippen molar-refractivity contribution in [2.75, 3.05) is 21.3 Å². The number of rotatable bonds is 7. The molecule has 0 radical (unpaired) electrons. The molecule has 4 rings (SSSR count). The highest BCUT2D eigenvalue weighted by Gasteiger charge is 2.17. The van der Waals surface area contributed by atoms with E-state index < -0.39 is 0 Å². The van der Waals surface area contributed by atoms with Gasteiger partial charge in [0.1, 0.15) is 0 Å². The predicted octanol–water partition coefficient (Wildman–Crippen LogP) is 5.28. The summed E-state index contributed by atoms with van der Waals surface area (Å²) in [4.78, 5) is 9.74. The number of benzene rings is 1. The van der Waals surface area contributed by atoms with Gasteiger partial charge in [0.15, 0.2) is 11.5 Å². The quantitative estimate of drug-likeness (QED) is 0.457. The Balaban J connectivity index is 1.83. The third kappa shape index (κ3) is 4.85. The van der Waals surface area contributed by atoms with Crippen molar-refractivity contribution >= 4 is 23.2 Å². The molecule has 3 aromatic rings. The summed E-state index contributed by atoms with van der Waals surface area (Å²) < 4.78 is 18.5. The Bertz CT molecular complexity index is 1110. The molecule has 0 saturated heterocycles. The first kappa shape index (κ1) is 22.1. The molecule has 0 spiro atoms. The summed E-state index contributed by atoms with van der Waals surface area (Å²) in [5, 5.41) is 6.94. The number of nitrogens with zero attached hydrogens (tertiary/aromatic N) is 4. The van der Waals surface area contributed by atoms with Gasteiger partial charge in [-0.1, -0.05) is 19.3 Å². The Morgan fingerprint density at radius 1 is 1.06 bits per heavy atom. The topological polar surface area (TPSA) is 70.2 Å². The summed E-state index contributed by atoms with van der Waals surface area (Å²) in [5.41, 5.74) is 2.60. The van der Waals surface area contributed by atoms with Gasteiger partial charge in [-0.3, -0.25) is 4.98 Å². The van der Waals surface area contributed by atoms with E-state index in [0.717, 1.165) is 21.7 Å². The molecule has 0 atom stereocenters. The molecule has 0 unspecified atom stereocenters. The van der Waals surface area contributed by atoms with Crippen molar-refractivity contribution in [2.24, 2.45) is 16.0 Å². The van der Waals surface area contributed by atoms with Crippen molar-refractivity contribution in [3.8, 4) is 28.5 Å². The number of ether oxygens (including phenoxy) is 3. The molecule has 32 heavy (non-hydrogen) atoms. The van der Waals surface area contributed by atoms with Crippen LogP contribution in [0.15, 0.2) is 52.1 Å². The molecule has 8 heteroatoms. The Hall–Kier alpha value is -3.13. The van der Waals surface area contributed by atoms with E-state index in [1.165, 1.54) is 43.4 Å². The average molecular weight is 453 g/mol. The van der Waals surface area contributed by atoms with E-state index in [1.54, 1.807) is 33.7 Å². The van der Waals surface area contributed by atoms with Crippen LogP contribution >= 0.6 is 11.3 Å². The number of hydrogen-bond acceptors (Lipinski definition) is 7. The van der Waals surface area contributed by atoms with Gasteiger partial charge in [0.2, 0.25) is 10.6 Å². The first-order valence-electron chi connectivity index (χ1n) is 10.7. The number of aromatic nitrogens is 2. The van der Waals surface area contributed by atoms with Gasteiger partial charge in [-0.25, -0.2) is 9.67 Å². The fourth-order valence-corrected chi connectivity index (χ4v) is 4.75. The fraction of sp³-hybridized carbons (Fsp3) is 0.375. The van der Waals surface area contributed by atoms with E-state index in [9.17, 15) is 0 Å². The highest BCUT2D eigenvalue weighted by molar-refractivity contribution is 7.07. The third-order valence-corrected chi connectivity index (χ3v) is 6.38. The van der Waals surface area contributed by atoms with Gasteiger partial charge in [-0.05, 0) is 43.0 Å². The Morgan fingerprint density at radius 3 is 2.44 bits per heavy atom. The largest absolute Gasteiger partial charge is 0.493 e. The molecule has 1 saturated carbocycles. The van der Waals surface area contributed by atoms with Crippen LogP contribution in [0.3, 0.4) is 0 Å². The van der Waals surface area contributed by atoms with E-state index in [4.69, 9.17) is 24.3 Å². The van der Waals surface area contributed by atoms with Gasteiger partial charge in [0.25, 0.3) is 0 Å². The van der Waals surface area contributed by atoms with E-state index in [1.807, 2.05) is 34.3 Å². The van der Waals surface area contributed by atoms with Gasteiger partial charge < -0.3 is 14.2 Å². The maximum atomic E-state index is 5.56. The van der Waals surface area contributed by atoms with Gasteiger partial charge in [0.05, 0.1) is 38.9 Å². The van der Waals surface area contributed by atoms with Crippen LogP contribution in [0, 0.1) is 5.92 Å². The van der Waals surface area contributed by atoms with Crippen LogP contribution in [-0.4, -0.2) is 37.2 Å². The molecule has 7 nitrogen and oxygen atoms in total.